The molecule has 1 N–H and O–H groups in total. The number of hydrogen-bond donors (Lipinski definition) is 1. The molecule has 0 spiro atoms. The molecule has 0 unspecified atom stereocenters. The van der Waals surface area contributed by atoms with Gasteiger partial charge in [-0.05, 0) is 36.5 Å². The number of amides is 1. The molecule has 3 aromatic rings. The highest BCUT2D eigenvalue weighted by Gasteiger charge is 2.34. The molecule has 11 nitrogen and oxygen atoms in total. The van der Waals surface area contributed by atoms with E-state index in [2.05, 4.69) is 5.32 Å². The van der Waals surface area contributed by atoms with Gasteiger partial charge in [0.15, 0.2) is 10.9 Å². The fourth-order valence-corrected chi connectivity index (χ4v) is 4.16. The number of alkyl halides is 3. The summed E-state index contributed by atoms with van der Waals surface area (Å²) in [7, 11) is 0. The zero-order chi connectivity index (χ0) is 27.6. The second-order valence-corrected chi connectivity index (χ2v) is 8.55. The maximum atomic E-state index is 13.0. The number of nitro benzene ring substituents is 2. The van der Waals surface area contributed by atoms with Gasteiger partial charge in [0.05, 0.1) is 15.4 Å². The van der Waals surface area contributed by atoms with Crippen LogP contribution >= 0.6 is 12.2 Å². The molecule has 1 aliphatic rings. The minimum atomic E-state index is -4.71. The van der Waals surface area contributed by atoms with Crippen LogP contribution in [0.15, 0.2) is 59.0 Å². The average Bonchev–Trinajstić information content (AvgIpc) is 3.38. The van der Waals surface area contributed by atoms with E-state index in [0.717, 1.165) is 12.1 Å². The number of hydrogen-bond acceptors (Lipinski definition) is 8. The van der Waals surface area contributed by atoms with Gasteiger partial charge in [-0.1, -0.05) is 12.1 Å². The molecule has 0 saturated carbocycles. The number of rotatable bonds is 5. The summed E-state index contributed by atoms with van der Waals surface area (Å²) in [4.78, 5) is 36.8. The molecule has 0 aliphatic carbocycles. The first kappa shape index (κ1) is 26.5. The number of nitro groups is 2. The molecule has 38 heavy (non-hydrogen) atoms. The van der Waals surface area contributed by atoms with Crippen LogP contribution in [0, 0.1) is 20.2 Å². The van der Waals surface area contributed by atoms with Crippen molar-refractivity contribution in [3.63, 3.8) is 0 Å². The Morgan fingerprint density at radius 1 is 0.974 bits per heavy atom. The van der Waals surface area contributed by atoms with Gasteiger partial charge in [-0.15, -0.1) is 0 Å². The molecule has 0 bridgehead atoms. The lowest BCUT2D eigenvalue weighted by molar-refractivity contribution is -0.384. The van der Waals surface area contributed by atoms with Crippen LogP contribution in [0.25, 0.3) is 11.3 Å². The van der Waals surface area contributed by atoms with E-state index in [4.69, 9.17) is 16.6 Å². The summed E-state index contributed by atoms with van der Waals surface area (Å²) in [5, 5.41) is 25.0. The zero-order valence-electron chi connectivity index (χ0n) is 19.3. The molecule has 15 heteroatoms. The van der Waals surface area contributed by atoms with E-state index in [0.29, 0.717) is 11.6 Å². The first-order valence-electron chi connectivity index (χ1n) is 11.0. The quantitative estimate of drug-likeness (QED) is 0.275. The van der Waals surface area contributed by atoms with Crippen LogP contribution in [0.1, 0.15) is 16.1 Å². The third-order valence-corrected chi connectivity index (χ3v) is 6.16. The Balaban J connectivity index is 1.38. The number of anilines is 1. The highest BCUT2D eigenvalue weighted by molar-refractivity contribution is 7.80. The molecule has 2 heterocycles. The monoisotopic (exact) mass is 549 g/mol. The Morgan fingerprint density at radius 2 is 1.68 bits per heavy atom. The van der Waals surface area contributed by atoms with Gasteiger partial charge in [-0.3, -0.25) is 30.3 Å². The lowest BCUT2D eigenvalue weighted by Crippen LogP contribution is -2.52. The second kappa shape index (κ2) is 10.5. The highest BCUT2D eigenvalue weighted by Crippen LogP contribution is 2.36. The van der Waals surface area contributed by atoms with Gasteiger partial charge in [0.25, 0.3) is 17.3 Å². The first-order valence-corrected chi connectivity index (χ1v) is 11.4. The summed E-state index contributed by atoms with van der Waals surface area (Å²) in [5.41, 5.74) is -1.42. The number of halogens is 3. The maximum Gasteiger partial charge on any atom is 0.416 e. The smallest absolute Gasteiger partial charge is 0.416 e. The number of non-ortho nitro benzene ring substituents is 1. The van der Waals surface area contributed by atoms with Crippen molar-refractivity contribution in [1.29, 1.82) is 0 Å². The van der Waals surface area contributed by atoms with Crippen LogP contribution in [0.5, 0.6) is 0 Å². The predicted molar refractivity (Wildman–Crippen MR) is 133 cm³/mol. The van der Waals surface area contributed by atoms with Gasteiger partial charge < -0.3 is 14.2 Å². The fourth-order valence-electron chi connectivity index (χ4n) is 3.89. The molecule has 198 valence electrons. The maximum absolute atomic E-state index is 13.0. The number of piperazine rings is 1. The number of carbonyl (C=O) groups excluding carboxylic acids is 1. The van der Waals surface area contributed by atoms with Gasteiger partial charge in [0.1, 0.15) is 11.4 Å². The summed E-state index contributed by atoms with van der Waals surface area (Å²) in [6.07, 6.45) is -4.71. The van der Waals surface area contributed by atoms with Crippen LogP contribution in [-0.4, -0.2) is 51.9 Å². The van der Waals surface area contributed by atoms with Crippen molar-refractivity contribution >= 4 is 40.3 Å². The van der Waals surface area contributed by atoms with E-state index >= 15 is 0 Å². The molecular formula is C23H18F3N5O6S. The van der Waals surface area contributed by atoms with Crippen molar-refractivity contribution in [2.45, 2.75) is 6.18 Å². The molecule has 0 atom stereocenters. The first-order chi connectivity index (χ1) is 17.9. The van der Waals surface area contributed by atoms with Crippen molar-refractivity contribution in [1.82, 2.24) is 10.2 Å². The van der Waals surface area contributed by atoms with Crippen molar-refractivity contribution in [3.8, 4) is 11.3 Å². The Labute approximate surface area is 217 Å². The van der Waals surface area contributed by atoms with Gasteiger partial charge in [-0.25, -0.2) is 0 Å². The van der Waals surface area contributed by atoms with E-state index in [1.165, 1.54) is 30.3 Å². The highest BCUT2D eigenvalue weighted by atomic mass is 32.1. The Morgan fingerprint density at radius 3 is 2.32 bits per heavy atom. The molecule has 1 amide bonds. The van der Waals surface area contributed by atoms with Crippen molar-refractivity contribution in [3.05, 3.63) is 86.1 Å². The van der Waals surface area contributed by atoms with Crippen molar-refractivity contribution in [2.24, 2.45) is 0 Å². The molecule has 1 fully saturated rings. The SMILES string of the molecule is O=C(NC(=S)N1CCN(c2ccc(C(F)(F)F)cc2[N+](=O)[O-])CC1)c1ccc(-c2cccc([N+](=O)[O-])c2)o1. The van der Waals surface area contributed by atoms with E-state index in [1.807, 2.05) is 0 Å². The molecule has 1 saturated heterocycles. The zero-order valence-corrected chi connectivity index (χ0v) is 20.1. The van der Waals surface area contributed by atoms with Gasteiger partial charge in [-0.2, -0.15) is 13.2 Å². The number of benzene rings is 2. The number of thiocarbonyl (C=S) groups is 1. The Bertz CT molecular complexity index is 1420. The van der Waals surface area contributed by atoms with Crippen LogP contribution in [0.4, 0.5) is 30.2 Å². The summed E-state index contributed by atoms with van der Waals surface area (Å²) < 4.78 is 44.5. The normalized spacial score (nSPS) is 13.8. The topological polar surface area (TPSA) is 135 Å². The second-order valence-electron chi connectivity index (χ2n) is 8.16. The van der Waals surface area contributed by atoms with Gasteiger partial charge in [0, 0.05) is 49.9 Å². The van der Waals surface area contributed by atoms with E-state index in [9.17, 15) is 38.2 Å². The molecule has 2 aromatic carbocycles. The Kier molecular flexibility index (Phi) is 7.30. The van der Waals surface area contributed by atoms with E-state index in [1.54, 1.807) is 15.9 Å². The van der Waals surface area contributed by atoms with Crippen molar-refractivity contribution in [2.75, 3.05) is 31.1 Å². The third kappa shape index (κ3) is 5.72. The molecule has 1 aliphatic heterocycles. The lowest BCUT2D eigenvalue weighted by atomic mass is 10.1. The number of nitrogens with one attached hydrogen (secondary N) is 1. The summed E-state index contributed by atoms with van der Waals surface area (Å²) in [6.45, 7) is 0.905. The van der Waals surface area contributed by atoms with E-state index in [-0.39, 0.29) is 54.2 Å². The van der Waals surface area contributed by atoms with Crippen LogP contribution in [0.2, 0.25) is 0 Å². The molecule has 4 rings (SSSR count). The minimum Gasteiger partial charge on any atom is -0.451 e. The number of furan rings is 1. The number of nitrogens with zero attached hydrogens (tertiary/aromatic N) is 4. The minimum absolute atomic E-state index is 0.0573. The number of carbonyl (C=O) groups is 1. The summed E-state index contributed by atoms with van der Waals surface area (Å²) in [5.74, 6) is -0.475. The Hall–Kier alpha value is -4.53. The lowest BCUT2D eigenvalue weighted by Gasteiger charge is -2.37. The fraction of sp³-hybridized carbons (Fsp3) is 0.217. The largest absolute Gasteiger partial charge is 0.451 e. The third-order valence-electron chi connectivity index (χ3n) is 5.80. The summed E-state index contributed by atoms with van der Waals surface area (Å²) >= 11 is 5.30. The van der Waals surface area contributed by atoms with Gasteiger partial charge >= 0.3 is 6.18 Å². The molecular weight excluding hydrogens is 531 g/mol. The summed E-state index contributed by atoms with van der Waals surface area (Å²) in [6, 6.07) is 11.0. The standard InChI is InChI=1S/C23H18F3N5O6S/c24-23(25,26)15-4-5-17(18(13-15)31(35)36)28-8-10-29(11-9-28)22(38)27-21(32)20-7-6-19(37-20)14-2-1-3-16(12-14)30(33)34/h1-7,12-13H,8-11H2,(H,27,32,38). The average molecular weight is 549 g/mol. The van der Waals surface area contributed by atoms with Crippen LogP contribution in [-0.2, 0) is 6.18 Å². The van der Waals surface area contributed by atoms with Crippen LogP contribution in [0.3, 0.4) is 0 Å². The van der Waals surface area contributed by atoms with E-state index < -0.39 is 33.2 Å². The predicted octanol–water partition coefficient (Wildman–Crippen LogP) is 4.62. The van der Waals surface area contributed by atoms with Crippen molar-refractivity contribution < 1.29 is 32.2 Å². The van der Waals surface area contributed by atoms with Crippen LogP contribution < -0.4 is 10.2 Å². The van der Waals surface area contributed by atoms with Gasteiger partial charge in [0.2, 0.25) is 0 Å². The molecule has 1 aromatic heterocycles. The molecule has 0 radical (unpaired) electrons.